The van der Waals surface area contributed by atoms with Crippen LogP contribution in [-0.2, 0) is 12.8 Å². The van der Waals surface area contributed by atoms with Crippen molar-refractivity contribution < 1.29 is 19.8 Å². The smallest absolute Gasteiger partial charge is 0.189 e. The first kappa shape index (κ1) is 11.0. The molecule has 0 bridgehead atoms. The summed E-state index contributed by atoms with van der Waals surface area (Å²) in [6.45, 7) is 0. The van der Waals surface area contributed by atoms with Gasteiger partial charge in [0.25, 0.3) is 0 Å². The van der Waals surface area contributed by atoms with E-state index in [1.165, 1.54) is 6.08 Å². The van der Waals surface area contributed by atoms with Gasteiger partial charge in [0.05, 0.1) is 11.1 Å². The van der Waals surface area contributed by atoms with E-state index in [1.807, 2.05) is 0 Å². The molecule has 0 unspecified atom stereocenters. The highest BCUT2D eigenvalue weighted by Crippen LogP contribution is 2.42. The molecule has 0 atom stereocenters. The number of aromatic hydroxyl groups is 2. The van der Waals surface area contributed by atoms with Gasteiger partial charge in [-0.1, -0.05) is 6.08 Å². The Morgan fingerprint density at radius 1 is 0.944 bits per heavy atom. The maximum Gasteiger partial charge on any atom is 0.189 e. The van der Waals surface area contributed by atoms with Gasteiger partial charge in [-0.15, -0.1) is 0 Å². The molecule has 0 saturated heterocycles. The Labute approximate surface area is 104 Å². The predicted molar refractivity (Wildman–Crippen MR) is 64.2 cm³/mol. The van der Waals surface area contributed by atoms with Crippen LogP contribution >= 0.6 is 0 Å². The monoisotopic (exact) mass is 244 g/mol. The Balaban J connectivity index is 2.37. The zero-order valence-corrected chi connectivity index (χ0v) is 9.69. The molecule has 1 aromatic rings. The number of phenolic OH excluding ortho intramolecular Hbond substituents is 2. The van der Waals surface area contributed by atoms with Crippen molar-refractivity contribution in [2.45, 2.75) is 25.7 Å². The van der Waals surface area contributed by atoms with Gasteiger partial charge >= 0.3 is 0 Å². The molecule has 3 rings (SSSR count). The summed E-state index contributed by atoms with van der Waals surface area (Å²) in [5.74, 6) is -0.723. The first-order chi connectivity index (χ1) is 8.61. The van der Waals surface area contributed by atoms with Crippen molar-refractivity contribution >= 4 is 11.6 Å². The lowest BCUT2D eigenvalue weighted by molar-refractivity contribution is 0.0965. The van der Waals surface area contributed by atoms with E-state index >= 15 is 0 Å². The van der Waals surface area contributed by atoms with E-state index in [2.05, 4.69) is 0 Å². The van der Waals surface area contributed by atoms with Crippen LogP contribution in [0.2, 0.25) is 0 Å². The summed E-state index contributed by atoms with van der Waals surface area (Å²) in [6.07, 6.45) is 4.91. The molecule has 4 heteroatoms. The van der Waals surface area contributed by atoms with Crippen LogP contribution in [0.3, 0.4) is 0 Å². The average molecular weight is 244 g/mol. The second-order valence-electron chi connectivity index (χ2n) is 4.65. The van der Waals surface area contributed by atoms with Gasteiger partial charge in [-0.2, -0.15) is 0 Å². The van der Waals surface area contributed by atoms with E-state index in [9.17, 15) is 19.8 Å². The number of phenols is 2. The Bertz CT molecular complexity index is 611. The third kappa shape index (κ3) is 1.32. The van der Waals surface area contributed by atoms with Gasteiger partial charge in [-0.25, -0.2) is 0 Å². The fourth-order valence-electron chi connectivity index (χ4n) is 2.75. The van der Waals surface area contributed by atoms with E-state index in [4.69, 9.17) is 0 Å². The zero-order chi connectivity index (χ0) is 12.9. The molecule has 18 heavy (non-hydrogen) atoms. The molecule has 1 aromatic carbocycles. The van der Waals surface area contributed by atoms with Gasteiger partial charge in [0, 0.05) is 17.5 Å². The fraction of sp³-hybridized carbons (Fsp3) is 0.286. The average Bonchev–Trinajstić information content (AvgIpc) is 2.35. The van der Waals surface area contributed by atoms with Crippen LogP contribution in [-0.4, -0.2) is 21.8 Å². The topological polar surface area (TPSA) is 74.6 Å². The number of hydrogen-bond donors (Lipinski definition) is 2. The lowest BCUT2D eigenvalue weighted by Gasteiger charge is -2.23. The summed E-state index contributed by atoms with van der Waals surface area (Å²) in [5, 5.41) is 20.4. The number of rotatable bonds is 0. The minimum atomic E-state index is -0.315. The van der Waals surface area contributed by atoms with Crippen LogP contribution < -0.4 is 0 Å². The summed E-state index contributed by atoms with van der Waals surface area (Å²) in [5.41, 5.74) is 1.16. The third-order valence-electron chi connectivity index (χ3n) is 3.60. The van der Waals surface area contributed by atoms with Crippen molar-refractivity contribution in [2.75, 3.05) is 0 Å². The summed E-state index contributed by atoms with van der Waals surface area (Å²) >= 11 is 0. The molecule has 2 aliphatic carbocycles. The zero-order valence-electron chi connectivity index (χ0n) is 9.69. The highest BCUT2D eigenvalue weighted by Gasteiger charge is 2.31. The van der Waals surface area contributed by atoms with Crippen LogP contribution in [0.15, 0.2) is 12.2 Å². The maximum atomic E-state index is 11.9. The van der Waals surface area contributed by atoms with Crippen LogP contribution in [0.4, 0.5) is 0 Å². The van der Waals surface area contributed by atoms with E-state index in [0.29, 0.717) is 36.8 Å². The number of ketones is 2. The first-order valence-corrected chi connectivity index (χ1v) is 5.95. The van der Waals surface area contributed by atoms with E-state index in [1.54, 1.807) is 6.08 Å². The van der Waals surface area contributed by atoms with Gasteiger partial charge < -0.3 is 10.2 Å². The van der Waals surface area contributed by atoms with Gasteiger partial charge in [-0.3, -0.25) is 9.59 Å². The number of fused-ring (bicyclic) bond motifs is 2. The minimum Gasteiger partial charge on any atom is -0.507 e. The maximum absolute atomic E-state index is 11.9. The molecule has 0 saturated carbocycles. The van der Waals surface area contributed by atoms with E-state index < -0.39 is 0 Å². The third-order valence-corrected chi connectivity index (χ3v) is 3.60. The molecule has 0 aliphatic heterocycles. The van der Waals surface area contributed by atoms with Crippen LogP contribution in [0.25, 0.3) is 0 Å². The minimum absolute atomic E-state index is 0.125. The number of carbonyl (C=O) groups is 2. The van der Waals surface area contributed by atoms with Crippen molar-refractivity contribution in [2.24, 2.45) is 0 Å². The quantitative estimate of drug-likeness (QED) is 0.683. The van der Waals surface area contributed by atoms with E-state index in [-0.39, 0.29) is 34.2 Å². The molecule has 0 heterocycles. The lowest BCUT2D eigenvalue weighted by Crippen LogP contribution is -2.16. The van der Waals surface area contributed by atoms with Crippen molar-refractivity contribution in [1.29, 1.82) is 0 Å². The van der Waals surface area contributed by atoms with Crippen molar-refractivity contribution in [1.82, 2.24) is 0 Å². The standard InChI is InChI=1S/C14H12O4/c15-9-5-1-3-7-11(9)14(18)8-4-2-6-10(16)12(8)13(7)17/h1,5,17-18H,2-4,6H2. The first-order valence-electron chi connectivity index (χ1n) is 5.95. The second-order valence-corrected chi connectivity index (χ2v) is 4.65. The summed E-state index contributed by atoms with van der Waals surface area (Å²) in [6, 6.07) is 0. The van der Waals surface area contributed by atoms with Gasteiger partial charge in [-0.05, 0) is 25.3 Å². The molecule has 0 aromatic heterocycles. The lowest BCUT2D eigenvalue weighted by atomic mass is 9.82. The largest absolute Gasteiger partial charge is 0.507 e. The number of hydrogen-bond acceptors (Lipinski definition) is 4. The van der Waals surface area contributed by atoms with Crippen LogP contribution in [0.5, 0.6) is 11.5 Å². The Hall–Kier alpha value is -2.10. The fourth-order valence-corrected chi connectivity index (χ4v) is 2.75. The number of Topliss-reactive ketones (excluding diaryl/α,β-unsaturated/α-hetero) is 1. The summed E-state index contributed by atoms with van der Waals surface area (Å²) < 4.78 is 0. The van der Waals surface area contributed by atoms with Crippen molar-refractivity contribution in [3.05, 3.63) is 34.4 Å². The van der Waals surface area contributed by atoms with Crippen LogP contribution in [0.1, 0.15) is 44.7 Å². The number of benzene rings is 1. The summed E-state index contributed by atoms with van der Waals surface area (Å²) in [7, 11) is 0. The molecular formula is C14H12O4. The molecular weight excluding hydrogens is 232 g/mol. The molecule has 0 spiro atoms. The molecule has 2 N–H and O–H groups in total. The van der Waals surface area contributed by atoms with Crippen LogP contribution in [0, 0.1) is 0 Å². The molecule has 4 nitrogen and oxygen atoms in total. The molecule has 0 radical (unpaired) electrons. The van der Waals surface area contributed by atoms with Gasteiger partial charge in [0.15, 0.2) is 11.6 Å². The molecule has 92 valence electrons. The van der Waals surface area contributed by atoms with Crippen molar-refractivity contribution in [3.8, 4) is 11.5 Å². The highest BCUT2D eigenvalue weighted by atomic mass is 16.3. The van der Waals surface area contributed by atoms with Gasteiger partial charge in [0.1, 0.15) is 11.5 Å². The Morgan fingerprint density at radius 3 is 2.44 bits per heavy atom. The van der Waals surface area contributed by atoms with Gasteiger partial charge in [0.2, 0.25) is 0 Å². The Kier molecular flexibility index (Phi) is 2.26. The molecule has 0 fully saturated rings. The highest BCUT2D eigenvalue weighted by molar-refractivity contribution is 6.12. The van der Waals surface area contributed by atoms with E-state index in [0.717, 1.165) is 0 Å². The normalized spacial score (nSPS) is 17.6. The number of allylic oxidation sites excluding steroid dienone is 2. The van der Waals surface area contributed by atoms with Crippen molar-refractivity contribution in [3.63, 3.8) is 0 Å². The predicted octanol–water partition coefficient (Wildman–Crippen LogP) is 1.91. The number of carbonyl (C=O) groups excluding carboxylic acids is 2. The molecule has 2 aliphatic rings. The SMILES string of the molecule is O=C1C=CCc2c(O)c3c(c(O)c21)CCCC3=O. The Morgan fingerprint density at radius 2 is 1.67 bits per heavy atom. The second kappa shape index (κ2) is 3.70. The molecule has 0 amide bonds. The summed E-state index contributed by atoms with van der Waals surface area (Å²) in [4.78, 5) is 23.6.